The first-order valence-electron chi connectivity index (χ1n) is 7.33. The van der Waals surface area contributed by atoms with Gasteiger partial charge in [-0.25, -0.2) is 0 Å². The van der Waals surface area contributed by atoms with Gasteiger partial charge in [0.15, 0.2) is 0 Å². The summed E-state index contributed by atoms with van der Waals surface area (Å²) in [6.07, 6.45) is 1.31. The number of nitrogens with two attached hydrogens (primary N) is 1. The SMILES string of the molecule is CC(C)OCCN(C)CCCOc1cccc(CN)c1. The van der Waals surface area contributed by atoms with E-state index < -0.39 is 0 Å². The Morgan fingerprint density at radius 3 is 2.70 bits per heavy atom. The second-order valence-corrected chi connectivity index (χ2v) is 5.28. The van der Waals surface area contributed by atoms with Crippen molar-refractivity contribution >= 4 is 0 Å². The number of ether oxygens (including phenoxy) is 2. The van der Waals surface area contributed by atoms with Crippen LogP contribution in [-0.4, -0.2) is 44.4 Å². The molecule has 0 saturated heterocycles. The fourth-order valence-corrected chi connectivity index (χ4v) is 1.84. The van der Waals surface area contributed by atoms with Crippen molar-refractivity contribution in [1.29, 1.82) is 0 Å². The first-order chi connectivity index (χ1) is 9.61. The molecular formula is C16H28N2O2. The molecule has 0 aliphatic carbocycles. The highest BCUT2D eigenvalue weighted by Gasteiger charge is 2.01. The van der Waals surface area contributed by atoms with Gasteiger partial charge in [-0.2, -0.15) is 0 Å². The minimum Gasteiger partial charge on any atom is -0.494 e. The molecule has 0 heterocycles. The average molecular weight is 280 g/mol. The molecule has 0 aliphatic rings. The second-order valence-electron chi connectivity index (χ2n) is 5.28. The summed E-state index contributed by atoms with van der Waals surface area (Å²) < 4.78 is 11.3. The van der Waals surface area contributed by atoms with E-state index in [9.17, 15) is 0 Å². The lowest BCUT2D eigenvalue weighted by Gasteiger charge is -2.17. The highest BCUT2D eigenvalue weighted by Crippen LogP contribution is 2.12. The Morgan fingerprint density at radius 1 is 1.20 bits per heavy atom. The molecule has 2 N–H and O–H groups in total. The lowest BCUT2D eigenvalue weighted by Crippen LogP contribution is -2.26. The van der Waals surface area contributed by atoms with Crippen molar-refractivity contribution in [2.75, 3.05) is 33.4 Å². The van der Waals surface area contributed by atoms with Crippen LogP contribution in [0.25, 0.3) is 0 Å². The lowest BCUT2D eigenvalue weighted by atomic mass is 10.2. The molecule has 1 aromatic carbocycles. The molecule has 0 bridgehead atoms. The summed E-state index contributed by atoms with van der Waals surface area (Å²) in [6.45, 7) is 8.15. The second kappa shape index (κ2) is 9.75. The number of hydrogen-bond donors (Lipinski definition) is 1. The standard InChI is InChI=1S/C16H28N2O2/c1-14(2)19-11-9-18(3)8-5-10-20-16-7-4-6-15(12-16)13-17/h4,6-7,12,14H,5,8-11,13,17H2,1-3H3. The van der Waals surface area contributed by atoms with Gasteiger partial charge in [-0.1, -0.05) is 12.1 Å². The molecule has 0 spiro atoms. The largest absolute Gasteiger partial charge is 0.494 e. The number of hydrogen-bond acceptors (Lipinski definition) is 4. The van der Waals surface area contributed by atoms with Gasteiger partial charge in [-0.15, -0.1) is 0 Å². The minimum absolute atomic E-state index is 0.307. The highest BCUT2D eigenvalue weighted by atomic mass is 16.5. The summed E-state index contributed by atoms with van der Waals surface area (Å²) in [6, 6.07) is 7.96. The number of nitrogens with zero attached hydrogens (tertiary/aromatic N) is 1. The molecule has 0 aliphatic heterocycles. The predicted octanol–water partition coefficient (Wildman–Crippen LogP) is 2.27. The summed E-state index contributed by atoms with van der Waals surface area (Å²) in [5.41, 5.74) is 6.71. The molecule has 4 nitrogen and oxygen atoms in total. The van der Waals surface area contributed by atoms with Crippen LogP contribution < -0.4 is 10.5 Å². The Labute approximate surface area is 122 Å². The van der Waals surface area contributed by atoms with Gasteiger partial charge in [0.1, 0.15) is 5.75 Å². The molecule has 4 heteroatoms. The van der Waals surface area contributed by atoms with Gasteiger partial charge < -0.3 is 20.1 Å². The maximum Gasteiger partial charge on any atom is 0.119 e. The van der Waals surface area contributed by atoms with Crippen LogP contribution in [0.2, 0.25) is 0 Å². The summed E-state index contributed by atoms with van der Waals surface area (Å²) in [5.74, 6) is 0.902. The molecule has 20 heavy (non-hydrogen) atoms. The van der Waals surface area contributed by atoms with E-state index in [0.717, 1.165) is 44.0 Å². The molecule has 0 amide bonds. The van der Waals surface area contributed by atoms with Gasteiger partial charge in [0, 0.05) is 19.6 Å². The van der Waals surface area contributed by atoms with Crippen molar-refractivity contribution < 1.29 is 9.47 Å². The van der Waals surface area contributed by atoms with E-state index in [1.54, 1.807) is 0 Å². The molecule has 0 fully saturated rings. The van der Waals surface area contributed by atoms with Gasteiger partial charge >= 0.3 is 0 Å². The predicted molar refractivity (Wildman–Crippen MR) is 83.0 cm³/mol. The maximum absolute atomic E-state index is 5.73. The lowest BCUT2D eigenvalue weighted by molar-refractivity contribution is 0.0630. The van der Waals surface area contributed by atoms with Crippen LogP contribution in [0.15, 0.2) is 24.3 Å². The topological polar surface area (TPSA) is 47.7 Å². The third-order valence-corrected chi connectivity index (χ3v) is 3.01. The Balaban J connectivity index is 2.11. The maximum atomic E-state index is 5.73. The normalized spacial score (nSPS) is 11.3. The van der Waals surface area contributed by atoms with Crippen LogP contribution in [0, 0.1) is 0 Å². The Kier molecular flexibility index (Phi) is 8.26. The van der Waals surface area contributed by atoms with Gasteiger partial charge in [0.25, 0.3) is 0 Å². The van der Waals surface area contributed by atoms with Gasteiger partial charge in [0.05, 0.1) is 19.3 Å². The zero-order chi connectivity index (χ0) is 14.8. The van der Waals surface area contributed by atoms with Crippen molar-refractivity contribution in [2.45, 2.75) is 32.9 Å². The van der Waals surface area contributed by atoms with E-state index >= 15 is 0 Å². The Bertz CT molecular complexity index is 369. The van der Waals surface area contributed by atoms with Crippen molar-refractivity contribution in [3.8, 4) is 5.75 Å². The van der Waals surface area contributed by atoms with Crippen LogP contribution >= 0.6 is 0 Å². The summed E-state index contributed by atoms with van der Waals surface area (Å²) in [4.78, 5) is 2.27. The van der Waals surface area contributed by atoms with Crippen LogP contribution in [0.5, 0.6) is 5.75 Å². The van der Waals surface area contributed by atoms with E-state index in [4.69, 9.17) is 15.2 Å². The van der Waals surface area contributed by atoms with Crippen molar-refractivity contribution in [3.05, 3.63) is 29.8 Å². The first kappa shape index (κ1) is 17.0. The molecule has 0 aromatic heterocycles. The van der Waals surface area contributed by atoms with E-state index in [1.165, 1.54) is 0 Å². The average Bonchev–Trinajstić information content (AvgIpc) is 2.43. The van der Waals surface area contributed by atoms with E-state index in [0.29, 0.717) is 12.6 Å². The third kappa shape index (κ3) is 7.48. The van der Waals surface area contributed by atoms with E-state index in [-0.39, 0.29) is 0 Å². The third-order valence-electron chi connectivity index (χ3n) is 3.01. The Morgan fingerprint density at radius 2 is 2.00 bits per heavy atom. The Hall–Kier alpha value is -1.10. The number of rotatable bonds is 10. The van der Waals surface area contributed by atoms with Gasteiger partial charge in [-0.3, -0.25) is 0 Å². The van der Waals surface area contributed by atoms with Crippen LogP contribution in [0.3, 0.4) is 0 Å². The van der Waals surface area contributed by atoms with Crippen molar-refractivity contribution in [2.24, 2.45) is 5.73 Å². The molecular weight excluding hydrogens is 252 g/mol. The summed E-state index contributed by atoms with van der Waals surface area (Å²) >= 11 is 0. The van der Waals surface area contributed by atoms with Crippen molar-refractivity contribution in [3.63, 3.8) is 0 Å². The van der Waals surface area contributed by atoms with E-state index in [1.807, 2.05) is 24.3 Å². The van der Waals surface area contributed by atoms with Crippen LogP contribution in [-0.2, 0) is 11.3 Å². The summed E-state index contributed by atoms with van der Waals surface area (Å²) in [7, 11) is 2.11. The fourth-order valence-electron chi connectivity index (χ4n) is 1.84. The molecule has 1 aromatic rings. The zero-order valence-corrected chi connectivity index (χ0v) is 13.0. The smallest absolute Gasteiger partial charge is 0.119 e. The molecule has 1 rings (SSSR count). The molecule has 0 saturated carbocycles. The molecule has 0 atom stereocenters. The molecule has 0 radical (unpaired) electrons. The summed E-state index contributed by atoms with van der Waals surface area (Å²) in [5, 5.41) is 0. The van der Waals surface area contributed by atoms with Crippen LogP contribution in [0.4, 0.5) is 0 Å². The van der Waals surface area contributed by atoms with E-state index in [2.05, 4.69) is 25.8 Å². The fraction of sp³-hybridized carbons (Fsp3) is 0.625. The quantitative estimate of drug-likeness (QED) is 0.668. The first-order valence-corrected chi connectivity index (χ1v) is 7.33. The zero-order valence-electron chi connectivity index (χ0n) is 13.0. The monoisotopic (exact) mass is 280 g/mol. The minimum atomic E-state index is 0.307. The van der Waals surface area contributed by atoms with Crippen LogP contribution in [0.1, 0.15) is 25.8 Å². The number of benzene rings is 1. The highest BCUT2D eigenvalue weighted by molar-refractivity contribution is 5.28. The molecule has 114 valence electrons. The van der Waals surface area contributed by atoms with Gasteiger partial charge in [-0.05, 0) is 45.0 Å². The number of likely N-dealkylation sites (N-methyl/N-ethyl adjacent to an activating group) is 1. The molecule has 0 unspecified atom stereocenters. The van der Waals surface area contributed by atoms with Gasteiger partial charge in [0.2, 0.25) is 0 Å². The van der Waals surface area contributed by atoms with Crippen molar-refractivity contribution in [1.82, 2.24) is 4.90 Å².